The third-order valence-corrected chi connectivity index (χ3v) is 4.24. The Balaban J connectivity index is 1.58. The standard InChI is InChI=1S/C17H13Cl2N3O3/c18-13-8-12(9-20-16(13)19)17(24)25-10-15(23)22-7-6-14(21-22)11-4-2-1-3-5-11/h1-5,8-9H,6-7,10H2. The molecule has 0 unspecified atom stereocenters. The summed E-state index contributed by atoms with van der Waals surface area (Å²) in [6.07, 6.45) is 1.89. The van der Waals surface area contributed by atoms with E-state index in [1.165, 1.54) is 17.3 Å². The zero-order valence-corrected chi connectivity index (χ0v) is 14.5. The molecular formula is C17H13Cl2N3O3. The third kappa shape index (κ3) is 4.15. The van der Waals surface area contributed by atoms with Crippen LogP contribution in [0.4, 0.5) is 0 Å². The summed E-state index contributed by atoms with van der Waals surface area (Å²) >= 11 is 11.5. The topological polar surface area (TPSA) is 71.9 Å². The first-order valence-electron chi connectivity index (χ1n) is 7.46. The number of carbonyl (C=O) groups is 2. The van der Waals surface area contributed by atoms with E-state index in [2.05, 4.69) is 10.1 Å². The zero-order chi connectivity index (χ0) is 17.8. The lowest BCUT2D eigenvalue weighted by atomic mass is 10.1. The van der Waals surface area contributed by atoms with Gasteiger partial charge < -0.3 is 4.74 Å². The van der Waals surface area contributed by atoms with Crippen LogP contribution in [0.15, 0.2) is 47.7 Å². The number of rotatable bonds is 4. The van der Waals surface area contributed by atoms with Crippen molar-refractivity contribution in [2.45, 2.75) is 6.42 Å². The van der Waals surface area contributed by atoms with Crippen molar-refractivity contribution >= 4 is 40.8 Å². The number of hydrogen-bond donors (Lipinski definition) is 0. The first-order chi connectivity index (χ1) is 12.0. The second-order valence-electron chi connectivity index (χ2n) is 5.25. The van der Waals surface area contributed by atoms with Crippen LogP contribution in [0.5, 0.6) is 0 Å². The average Bonchev–Trinajstić information content (AvgIpc) is 3.12. The molecule has 8 heteroatoms. The van der Waals surface area contributed by atoms with Gasteiger partial charge in [-0.3, -0.25) is 4.79 Å². The number of halogens is 2. The molecule has 1 aliphatic heterocycles. The summed E-state index contributed by atoms with van der Waals surface area (Å²) in [7, 11) is 0. The quantitative estimate of drug-likeness (QED) is 0.605. The summed E-state index contributed by atoms with van der Waals surface area (Å²) < 4.78 is 5.00. The first kappa shape index (κ1) is 17.4. The minimum absolute atomic E-state index is 0.0918. The van der Waals surface area contributed by atoms with Crippen LogP contribution >= 0.6 is 23.2 Å². The molecule has 2 aromatic rings. The maximum absolute atomic E-state index is 12.2. The summed E-state index contributed by atoms with van der Waals surface area (Å²) in [6, 6.07) is 10.9. The highest BCUT2D eigenvalue weighted by atomic mass is 35.5. The van der Waals surface area contributed by atoms with E-state index in [0.29, 0.717) is 13.0 Å². The Kier molecular flexibility index (Phi) is 5.31. The minimum atomic E-state index is -0.703. The molecule has 0 bridgehead atoms. The third-order valence-electron chi connectivity index (χ3n) is 3.56. The number of nitrogens with zero attached hydrogens (tertiary/aromatic N) is 3. The maximum Gasteiger partial charge on any atom is 0.340 e. The number of ether oxygens (including phenoxy) is 1. The summed E-state index contributed by atoms with van der Waals surface area (Å²) in [5, 5.41) is 5.83. The van der Waals surface area contributed by atoms with Crippen LogP contribution in [-0.2, 0) is 9.53 Å². The number of carbonyl (C=O) groups excluding carboxylic acids is 2. The molecule has 1 aromatic heterocycles. The number of hydrazone groups is 1. The molecule has 0 saturated heterocycles. The summed E-state index contributed by atoms with van der Waals surface area (Å²) in [4.78, 5) is 27.9. The van der Waals surface area contributed by atoms with Gasteiger partial charge in [0.1, 0.15) is 5.15 Å². The van der Waals surface area contributed by atoms with Gasteiger partial charge in [0.05, 0.1) is 22.8 Å². The van der Waals surface area contributed by atoms with Gasteiger partial charge in [0, 0.05) is 12.6 Å². The predicted molar refractivity (Wildman–Crippen MR) is 93.8 cm³/mol. The monoisotopic (exact) mass is 377 g/mol. The smallest absolute Gasteiger partial charge is 0.340 e. The van der Waals surface area contributed by atoms with E-state index in [-0.39, 0.29) is 15.7 Å². The molecule has 2 heterocycles. The van der Waals surface area contributed by atoms with Gasteiger partial charge in [-0.1, -0.05) is 53.5 Å². The van der Waals surface area contributed by atoms with Crippen molar-refractivity contribution in [2.24, 2.45) is 5.10 Å². The van der Waals surface area contributed by atoms with Gasteiger partial charge in [-0.15, -0.1) is 0 Å². The van der Waals surface area contributed by atoms with Gasteiger partial charge in [0.25, 0.3) is 5.91 Å². The maximum atomic E-state index is 12.2. The summed E-state index contributed by atoms with van der Waals surface area (Å²) in [5.41, 5.74) is 1.92. The fraction of sp³-hybridized carbons (Fsp3) is 0.176. The van der Waals surface area contributed by atoms with Crippen LogP contribution in [0.1, 0.15) is 22.3 Å². The molecule has 0 atom stereocenters. The van der Waals surface area contributed by atoms with Gasteiger partial charge in [0.15, 0.2) is 6.61 Å². The fourth-order valence-corrected chi connectivity index (χ4v) is 2.56. The minimum Gasteiger partial charge on any atom is -0.452 e. The van der Waals surface area contributed by atoms with E-state index in [1.54, 1.807) is 0 Å². The number of pyridine rings is 1. The molecule has 3 rings (SSSR count). The molecule has 1 aromatic carbocycles. The Bertz CT molecular complexity index is 840. The SMILES string of the molecule is O=C(OCC(=O)N1CCC(c2ccccc2)=N1)c1cnc(Cl)c(Cl)c1. The Morgan fingerprint density at radius 1 is 1.20 bits per heavy atom. The lowest BCUT2D eigenvalue weighted by Gasteiger charge is -2.11. The molecule has 128 valence electrons. The molecule has 0 aliphatic carbocycles. The number of hydrogen-bond acceptors (Lipinski definition) is 5. The highest BCUT2D eigenvalue weighted by molar-refractivity contribution is 6.41. The van der Waals surface area contributed by atoms with Gasteiger partial charge in [-0.05, 0) is 11.6 Å². The Hall–Kier alpha value is -2.44. The van der Waals surface area contributed by atoms with Crippen molar-refractivity contribution in [2.75, 3.05) is 13.2 Å². The number of esters is 1. The van der Waals surface area contributed by atoms with Gasteiger partial charge in [-0.2, -0.15) is 5.10 Å². The molecular weight excluding hydrogens is 365 g/mol. The highest BCUT2D eigenvalue weighted by Crippen LogP contribution is 2.20. The van der Waals surface area contributed by atoms with Crippen LogP contribution in [0, 0.1) is 0 Å². The molecule has 0 spiro atoms. The lowest BCUT2D eigenvalue weighted by molar-refractivity contribution is -0.134. The second kappa shape index (κ2) is 7.63. The number of amides is 1. The summed E-state index contributed by atoms with van der Waals surface area (Å²) in [5.74, 6) is -1.10. The molecule has 0 radical (unpaired) electrons. The predicted octanol–water partition coefficient (Wildman–Crippen LogP) is 3.18. The summed E-state index contributed by atoms with van der Waals surface area (Å²) in [6.45, 7) is 0.0413. The molecule has 1 aliphatic rings. The number of aromatic nitrogens is 1. The van der Waals surface area contributed by atoms with E-state index in [0.717, 1.165) is 11.3 Å². The van der Waals surface area contributed by atoms with Crippen LogP contribution in [0.25, 0.3) is 0 Å². The van der Waals surface area contributed by atoms with Crippen molar-refractivity contribution in [1.29, 1.82) is 0 Å². The molecule has 0 fully saturated rings. The van der Waals surface area contributed by atoms with Gasteiger partial charge in [0.2, 0.25) is 0 Å². The number of benzene rings is 1. The zero-order valence-electron chi connectivity index (χ0n) is 13.0. The molecule has 0 N–H and O–H groups in total. The molecule has 6 nitrogen and oxygen atoms in total. The van der Waals surface area contributed by atoms with Crippen molar-refractivity contribution in [3.05, 3.63) is 63.9 Å². The largest absolute Gasteiger partial charge is 0.452 e. The Labute approximate surface area is 154 Å². The first-order valence-corrected chi connectivity index (χ1v) is 8.21. The van der Waals surface area contributed by atoms with Gasteiger partial charge >= 0.3 is 5.97 Å². The van der Waals surface area contributed by atoms with E-state index < -0.39 is 18.5 Å². The van der Waals surface area contributed by atoms with Crippen molar-refractivity contribution in [3.63, 3.8) is 0 Å². The second-order valence-corrected chi connectivity index (χ2v) is 6.02. The van der Waals surface area contributed by atoms with E-state index in [4.69, 9.17) is 27.9 Å². The van der Waals surface area contributed by atoms with Crippen LogP contribution in [0.3, 0.4) is 0 Å². The normalized spacial score (nSPS) is 13.5. The molecule has 1 amide bonds. The highest BCUT2D eigenvalue weighted by Gasteiger charge is 2.23. The molecule has 0 saturated carbocycles. The van der Waals surface area contributed by atoms with Crippen molar-refractivity contribution in [3.8, 4) is 0 Å². The Morgan fingerprint density at radius 2 is 1.96 bits per heavy atom. The Morgan fingerprint density at radius 3 is 2.68 bits per heavy atom. The van der Waals surface area contributed by atoms with Crippen LogP contribution in [-0.4, -0.2) is 40.7 Å². The van der Waals surface area contributed by atoms with Crippen LogP contribution in [0.2, 0.25) is 10.2 Å². The fourth-order valence-electron chi connectivity index (χ4n) is 2.29. The van der Waals surface area contributed by atoms with Gasteiger partial charge in [-0.25, -0.2) is 14.8 Å². The van der Waals surface area contributed by atoms with E-state index in [9.17, 15) is 9.59 Å². The van der Waals surface area contributed by atoms with Crippen molar-refractivity contribution < 1.29 is 14.3 Å². The van der Waals surface area contributed by atoms with Crippen LogP contribution < -0.4 is 0 Å². The van der Waals surface area contributed by atoms with E-state index in [1.807, 2.05) is 30.3 Å². The van der Waals surface area contributed by atoms with Crippen molar-refractivity contribution in [1.82, 2.24) is 9.99 Å². The average molecular weight is 378 g/mol. The van der Waals surface area contributed by atoms with E-state index >= 15 is 0 Å². The lowest BCUT2D eigenvalue weighted by Crippen LogP contribution is -2.28. The molecule has 25 heavy (non-hydrogen) atoms.